The van der Waals surface area contributed by atoms with Crippen LogP contribution in [0, 0.1) is 0 Å². The molecule has 0 aliphatic heterocycles. The Bertz CT molecular complexity index is 641. The largest absolute Gasteiger partial charge is 0.395 e. The Kier molecular flexibility index (Phi) is 7.21. The average Bonchev–Trinajstić information content (AvgIpc) is 2.62. The van der Waals surface area contributed by atoms with Crippen LogP contribution in [-0.2, 0) is 4.79 Å². The van der Waals surface area contributed by atoms with E-state index in [1.807, 2.05) is 84.6 Å². The molecule has 2 aromatic rings. The molecule has 0 radical (unpaired) electrons. The summed E-state index contributed by atoms with van der Waals surface area (Å²) < 4.78 is 0. The van der Waals surface area contributed by atoms with E-state index < -0.39 is 0 Å². The maximum Gasteiger partial charge on any atom is 0.241 e. The Hall–Kier alpha value is -2.43. The standard InChI is InChI=1S/C20H24N2O2/c1-17(20(24)21-19-12-6-3-7-13-19)22(15-16-23)14-8-11-18-9-4-2-5-10-18/h2-13,17,23H,14-16H2,1H3,(H,21,24)/b11-8+/t17-/m0/s1. The van der Waals surface area contributed by atoms with E-state index in [0.717, 1.165) is 11.3 Å². The van der Waals surface area contributed by atoms with Crippen LogP contribution in [0.1, 0.15) is 12.5 Å². The van der Waals surface area contributed by atoms with Crippen molar-refractivity contribution in [1.29, 1.82) is 0 Å². The lowest BCUT2D eigenvalue weighted by molar-refractivity contribution is -0.120. The number of para-hydroxylation sites is 1. The van der Waals surface area contributed by atoms with Crippen LogP contribution in [0.4, 0.5) is 5.69 Å². The molecule has 0 fully saturated rings. The summed E-state index contributed by atoms with van der Waals surface area (Å²) in [6.45, 7) is 2.91. The van der Waals surface area contributed by atoms with Gasteiger partial charge in [0.1, 0.15) is 0 Å². The van der Waals surface area contributed by atoms with E-state index in [9.17, 15) is 9.90 Å². The second kappa shape index (κ2) is 9.65. The van der Waals surface area contributed by atoms with E-state index in [1.54, 1.807) is 0 Å². The minimum absolute atomic E-state index is 0.0160. The lowest BCUT2D eigenvalue weighted by Crippen LogP contribution is -2.43. The minimum Gasteiger partial charge on any atom is -0.395 e. The van der Waals surface area contributed by atoms with E-state index in [-0.39, 0.29) is 18.6 Å². The van der Waals surface area contributed by atoms with Crippen molar-refractivity contribution in [3.8, 4) is 0 Å². The summed E-state index contributed by atoms with van der Waals surface area (Å²) in [5, 5.41) is 12.2. The number of nitrogens with one attached hydrogen (secondary N) is 1. The number of carbonyl (C=O) groups is 1. The summed E-state index contributed by atoms with van der Waals surface area (Å²) in [5.41, 5.74) is 1.89. The normalized spacial score (nSPS) is 12.5. The maximum atomic E-state index is 12.4. The van der Waals surface area contributed by atoms with E-state index in [2.05, 4.69) is 5.32 Å². The van der Waals surface area contributed by atoms with E-state index in [4.69, 9.17) is 0 Å². The number of hydrogen-bond donors (Lipinski definition) is 2. The predicted octanol–water partition coefficient (Wildman–Crippen LogP) is 3.02. The van der Waals surface area contributed by atoms with Crippen LogP contribution in [0.2, 0.25) is 0 Å². The molecular formula is C20H24N2O2. The Balaban J connectivity index is 1.95. The number of benzene rings is 2. The number of carbonyl (C=O) groups excluding carboxylic acids is 1. The van der Waals surface area contributed by atoms with Gasteiger partial charge in [-0.3, -0.25) is 9.69 Å². The van der Waals surface area contributed by atoms with Crippen molar-refractivity contribution in [3.05, 3.63) is 72.3 Å². The van der Waals surface area contributed by atoms with Crippen LogP contribution >= 0.6 is 0 Å². The van der Waals surface area contributed by atoms with Crippen LogP contribution < -0.4 is 5.32 Å². The van der Waals surface area contributed by atoms with Crippen LogP contribution in [0.15, 0.2) is 66.7 Å². The highest BCUT2D eigenvalue weighted by atomic mass is 16.3. The first-order chi connectivity index (χ1) is 11.7. The molecule has 2 rings (SSSR count). The summed E-state index contributed by atoms with van der Waals surface area (Å²) in [7, 11) is 0. The van der Waals surface area contributed by atoms with Crippen molar-refractivity contribution >= 4 is 17.7 Å². The lowest BCUT2D eigenvalue weighted by atomic mass is 10.2. The first-order valence-corrected chi connectivity index (χ1v) is 8.13. The quantitative estimate of drug-likeness (QED) is 0.785. The molecule has 0 aliphatic rings. The van der Waals surface area contributed by atoms with Gasteiger partial charge in [-0.2, -0.15) is 0 Å². The monoisotopic (exact) mass is 324 g/mol. The highest BCUT2D eigenvalue weighted by Gasteiger charge is 2.19. The molecule has 1 amide bonds. The van der Waals surface area contributed by atoms with Crippen molar-refractivity contribution < 1.29 is 9.90 Å². The van der Waals surface area contributed by atoms with Crippen molar-refractivity contribution in [2.75, 3.05) is 25.0 Å². The molecule has 4 nitrogen and oxygen atoms in total. The Morgan fingerprint density at radius 3 is 2.38 bits per heavy atom. The molecule has 0 heterocycles. The van der Waals surface area contributed by atoms with E-state index in [1.165, 1.54) is 0 Å². The molecule has 0 bridgehead atoms. The molecule has 0 aromatic heterocycles. The van der Waals surface area contributed by atoms with Gasteiger partial charge >= 0.3 is 0 Å². The predicted molar refractivity (Wildman–Crippen MR) is 98.7 cm³/mol. The zero-order valence-corrected chi connectivity index (χ0v) is 13.9. The van der Waals surface area contributed by atoms with E-state index >= 15 is 0 Å². The molecule has 0 saturated heterocycles. The number of anilines is 1. The van der Waals surface area contributed by atoms with Crippen molar-refractivity contribution in [3.63, 3.8) is 0 Å². The lowest BCUT2D eigenvalue weighted by Gasteiger charge is -2.26. The molecular weight excluding hydrogens is 300 g/mol. The van der Waals surface area contributed by atoms with Gasteiger partial charge in [0, 0.05) is 18.8 Å². The number of aliphatic hydroxyl groups excluding tert-OH is 1. The smallest absolute Gasteiger partial charge is 0.241 e. The summed E-state index contributed by atoms with van der Waals surface area (Å²) in [6, 6.07) is 19.1. The molecule has 0 unspecified atom stereocenters. The summed E-state index contributed by atoms with van der Waals surface area (Å²) in [6.07, 6.45) is 4.03. The van der Waals surface area contributed by atoms with E-state index in [0.29, 0.717) is 13.1 Å². The zero-order valence-electron chi connectivity index (χ0n) is 13.9. The number of rotatable bonds is 8. The zero-order chi connectivity index (χ0) is 17.2. The van der Waals surface area contributed by atoms with Crippen LogP contribution in [-0.4, -0.2) is 41.7 Å². The first-order valence-electron chi connectivity index (χ1n) is 8.13. The van der Waals surface area contributed by atoms with Gasteiger partial charge in [0.05, 0.1) is 12.6 Å². The second-order valence-electron chi connectivity index (χ2n) is 5.56. The molecule has 4 heteroatoms. The Labute approximate surface area is 143 Å². The highest BCUT2D eigenvalue weighted by Crippen LogP contribution is 2.09. The highest BCUT2D eigenvalue weighted by molar-refractivity contribution is 5.94. The molecule has 0 saturated carbocycles. The summed E-state index contributed by atoms with van der Waals surface area (Å²) in [4.78, 5) is 14.3. The minimum atomic E-state index is -0.335. The van der Waals surface area contributed by atoms with Crippen LogP contribution in [0.3, 0.4) is 0 Å². The maximum absolute atomic E-state index is 12.4. The third-order valence-corrected chi connectivity index (χ3v) is 3.81. The average molecular weight is 324 g/mol. The molecule has 2 N–H and O–H groups in total. The fraction of sp³-hybridized carbons (Fsp3) is 0.250. The summed E-state index contributed by atoms with van der Waals surface area (Å²) in [5.74, 6) is -0.0808. The van der Waals surface area contributed by atoms with Crippen molar-refractivity contribution in [1.82, 2.24) is 4.90 Å². The SMILES string of the molecule is C[C@@H](C(=O)Nc1ccccc1)N(C/C=C/c1ccccc1)CCO. The Morgan fingerprint density at radius 2 is 1.75 bits per heavy atom. The van der Waals surface area contributed by atoms with Gasteiger partial charge in [-0.05, 0) is 24.6 Å². The number of hydrogen-bond acceptors (Lipinski definition) is 3. The van der Waals surface area contributed by atoms with Gasteiger partial charge in [-0.1, -0.05) is 60.7 Å². The van der Waals surface area contributed by atoms with Gasteiger partial charge in [-0.25, -0.2) is 0 Å². The van der Waals surface area contributed by atoms with Gasteiger partial charge < -0.3 is 10.4 Å². The van der Waals surface area contributed by atoms with Crippen LogP contribution in [0.25, 0.3) is 6.08 Å². The second-order valence-corrected chi connectivity index (χ2v) is 5.56. The van der Waals surface area contributed by atoms with Gasteiger partial charge in [0.2, 0.25) is 5.91 Å². The molecule has 1 atom stereocenters. The van der Waals surface area contributed by atoms with Crippen molar-refractivity contribution in [2.45, 2.75) is 13.0 Å². The topological polar surface area (TPSA) is 52.6 Å². The van der Waals surface area contributed by atoms with Crippen LogP contribution in [0.5, 0.6) is 0 Å². The third-order valence-electron chi connectivity index (χ3n) is 3.81. The van der Waals surface area contributed by atoms with Gasteiger partial charge in [-0.15, -0.1) is 0 Å². The fourth-order valence-corrected chi connectivity index (χ4v) is 2.39. The van der Waals surface area contributed by atoms with Gasteiger partial charge in [0.15, 0.2) is 0 Å². The molecule has 0 aliphatic carbocycles. The molecule has 2 aromatic carbocycles. The number of aliphatic hydroxyl groups is 1. The molecule has 126 valence electrons. The van der Waals surface area contributed by atoms with Crippen molar-refractivity contribution in [2.24, 2.45) is 0 Å². The van der Waals surface area contributed by atoms with Gasteiger partial charge in [0.25, 0.3) is 0 Å². The molecule has 0 spiro atoms. The molecule has 24 heavy (non-hydrogen) atoms. The third kappa shape index (κ3) is 5.65. The number of nitrogens with zero attached hydrogens (tertiary/aromatic N) is 1. The first kappa shape index (κ1) is 17.9. The fourth-order valence-electron chi connectivity index (χ4n) is 2.39. The Morgan fingerprint density at radius 1 is 1.12 bits per heavy atom. The summed E-state index contributed by atoms with van der Waals surface area (Å²) >= 11 is 0. The number of amides is 1.